The lowest BCUT2D eigenvalue weighted by molar-refractivity contribution is 0.0766. The van der Waals surface area contributed by atoms with Crippen molar-refractivity contribution < 1.29 is 9.53 Å². The molecule has 27 heavy (non-hydrogen) atoms. The van der Waals surface area contributed by atoms with Gasteiger partial charge in [-0.1, -0.05) is 24.3 Å². The Hall–Kier alpha value is -3.22. The molecule has 3 aromatic rings. The summed E-state index contributed by atoms with van der Waals surface area (Å²) in [5.74, 6) is 1.10. The molecule has 1 aliphatic heterocycles. The van der Waals surface area contributed by atoms with Gasteiger partial charge in [0.1, 0.15) is 11.8 Å². The molecule has 4 rings (SSSR count). The maximum absolute atomic E-state index is 12.8. The van der Waals surface area contributed by atoms with Gasteiger partial charge in [-0.2, -0.15) is 0 Å². The number of carbonyl (C=O) groups is 1. The van der Waals surface area contributed by atoms with Crippen LogP contribution in [0.2, 0.25) is 0 Å². The number of aromatic nitrogens is 3. The molecule has 0 radical (unpaired) electrons. The SMILES string of the molecule is CN(C)c1nccnc1OC1CCN(C(=O)c2ccc3ccccc3n2)C1. The minimum atomic E-state index is -0.107. The van der Waals surface area contributed by atoms with E-state index in [2.05, 4.69) is 15.0 Å². The number of likely N-dealkylation sites (tertiary alicyclic amines) is 1. The second-order valence-corrected chi connectivity index (χ2v) is 6.75. The van der Waals surface area contributed by atoms with Crippen LogP contribution in [0.4, 0.5) is 5.82 Å². The number of nitrogens with zero attached hydrogens (tertiary/aromatic N) is 5. The third kappa shape index (κ3) is 3.53. The maximum Gasteiger partial charge on any atom is 0.272 e. The van der Waals surface area contributed by atoms with Gasteiger partial charge >= 0.3 is 0 Å². The fourth-order valence-corrected chi connectivity index (χ4v) is 3.22. The molecule has 7 heteroatoms. The second kappa shape index (κ2) is 7.19. The number of benzene rings is 1. The lowest BCUT2D eigenvalue weighted by Gasteiger charge is -2.19. The summed E-state index contributed by atoms with van der Waals surface area (Å²) in [5, 5.41) is 1.02. The number of rotatable bonds is 4. The summed E-state index contributed by atoms with van der Waals surface area (Å²) in [6, 6.07) is 11.5. The van der Waals surface area contributed by atoms with Crippen molar-refractivity contribution >= 4 is 22.6 Å². The molecular weight excluding hydrogens is 342 g/mol. The Bertz CT molecular complexity index is 975. The molecule has 1 atom stereocenters. The van der Waals surface area contributed by atoms with Gasteiger partial charge in [0.05, 0.1) is 12.1 Å². The fourth-order valence-electron chi connectivity index (χ4n) is 3.22. The van der Waals surface area contributed by atoms with Crippen LogP contribution < -0.4 is 9.64 Å². The molecule has 1 amide bonds. The van der Waals surface area contributed by atoms with Gasteiger partial charge in [0.25, 0.3) is 11.8 Å². The van der Waals surface area contributed by atoms with Crippen molar-refractivity contribution in [3.8, 4) is 5.88 Å². The molecule has 0 bridgehead atoms. The van der Waals surface area contributed by atoms with Gasteiger partial charge in [-0.05, 0) is 12.1 Å². The molecule has 3 heterocycles. The summed E-state index contributed by atoms with van der Waals surface area (Å²) >= 11 is 0. The van der Waals surface area contributed by atoms with E-state index in [9.17, 15) is 4.79 Å². The molecule has 1 unspecified atom stereocenters. The Kier molecular flexibility index (Phi) is 4.58. The van der Waals surface area contributed by atoms with Crippen molar-refractivity contribution in [3.63, 3.8) is 0 Å². The van der Waals surface area contributed by atoms with Gasteiger partial charge < -0.3 is 14.5 Å². The predicted octanol–water partition coefficient (Wildman–Crippen LogP) is 2.38. The Morgan fingerprint density at radius 3 is 2.81 bits per heavy atom. The van der Waals surface area contributed by atoms with E-state index in [0.29, 0.717) is 30.5 Å². The molecule has 7 nitrogen and oxygen atoms in total. The Morgan fingerprint density at radius 1 is 1.15 bits per heavy atom. The highest BCUT2D eigenvalue weighted by Crippen LogP contribution is 2.25. The highest BCUT2D eigenvalue weighted by Gasteiger charge is 2.30. The molecule has 1 saturated heterocycles. The summed E-state index contributed by atoms with van der Waals surface area (Å²) in [5.41, 5.74) is 1.29. The third-order valence-corrected chi connectivity index (χ3v) is 4.60. The summed E-state index contributed by atoms with van der Waals surface area (Å²) < 4.78 is 6.02. The molecule has 1 aromatic carbocycles. The first kappa shape index (κ1) is 17.2. The first-order chi connectivity index (χ1) is 13.1. The van der Waals surface area contributed by atoms with Crippen LogP contribution in [0.15, 0.2) is 48.8 Å². The van der Waals surface area contributed by atoms with E-state index in [-0.39, 0.29) is 12.0 Å². The molecule has 2 aromatic heterocycles. The van der Waals surface area contributed by atoms with Gasteiger partial charge in [0.2, 0.25) is 0 Å². The Labute approximate surface area is 157 Å². The molecular formula is C20H21N5O2. The highest BCUT2D eigenvalue weighted by molar-refractivity contribution is 5.95. The number of ether oxygens (including phenoxy) is 1. The Morgan fingerprint density at radius 2 is 1.96 bits per heavy atom. The van der Waals surface area contributed by atoms with Gasteiger partial charge in [-0.3, -0.25) is 4.79 Å². The number of fused-ring (bicyclic) bond motifs is 1. The summed E-state index contributed by atoms with van der Waals surface area (Å²) in [7, 11) is 3.79. The van der Waals surface area contributed by atoms with Crippen LogP contribution in [-0.2, 0) is 0 Å². The zero-order chi connectivity index (χ0) is 18.8. The standard InChI is InChI=1S/C20H21N5O2/c1-24(2)18-19(22-11-10-21-18)27-15-9-12-25(13-15)20(26)17-8-7-14-5-3-4-6-16(14)23-17/h3-8,10-11,15H,9,12-13H2,1-2H3. The normalized spacial score (nSPS) is 16.5. The van der Waals surface area contributed by atoms with Gasteiger partial charge in [0, 0.05) is 44.8 Å². The molecule has 0 N–H and O–H groups in total. The van der Waals surface area contributed by atoms with Gasteiger partial charge in [-0.25, -0.2) is 15.0 Å². The van der Waals surface area contributed by atoms with Gasteiger partial charge in [0.15, 0.2) is 5.82 Å². The minimum Gasteiger partial charge on any atom is -0.470 e. The van der Waals surface area contributed by atoms with Crippen molar-refractivity contribution in [3.05, 3.63) is 54.5 Å². The van der Waals surface area contributed by atoms with Crippen molar-refractivity contribution in [1.29, 1.82) is 0 Å². The maximum atomic E-state index is 12.8. The quantitative estimate of drug-likeness (QED) is 0.709. The van der Waals surface area contributed by atoms with Crippen LogP contribution in [0.25, 0.3) is 10.9 Å². The zero-order valence-electron chi connectivity index (χ0n) is 15.4. The first-order valence-electron chi connectivity index (χ1n) is 8.92. The molecule has 0 spiro atoms. The van der Waals surface area contributed by atoms with Crippen LogP contribution in [0, 0.1) is 0 Å². The first-order valence-corrected chi connectivity index (χ1v) is 8.92. The zero-order valence-corrected chi connectivity index (χ0v) is 15.4. The third-order valence-electron chi connectivity index (χ3n) is 4.60. The van der Waals surface area contributed by atoms with Crippen LogP contribution in [0.1, 0.15) is 16.9 Å². The van der Waals surface area contributed by atoms with Gasteiger partial charge in [-0.15, -0.1) is 0 Å². The molecule has 0 saturated carbocycles. The minimum absolute atomic E-state index is 0.0705. The predicted molar refractivity (Wildman–Crippen MR) is 103 cm³/mol. The van der Waals surface area contributed by atoms with E-state index >= 15 is 0 Å². The fraction of sp³-hybridized carbons (Fsp3) is 0.300. The van der Waals surface area contributed by atoms with Crippen LogP contribution in [0.3, 0.4) is 0 Å². The average Bonchev–Trinajstić information content (AvgIpc) is 3.15. The summed E-state index contributed by atoms with van der Waals surface area (Å²) in [4.78, 5) is 29.6. The van der Waals surface area contributed by atoms with Crippen molar-refractivity contribution in [2.24, 2.45) is 0 Å². The monoisotopic (exact) mass is 363 g/mol. The van der Waals surface area contributed by atoms with Crippen molar-refractivity contribution in [1.82, 2.24) is 19.9 Å². The van der Waals surface area contributed by atoms with Crippen molar-refractivity contribution in [2.45, 2.75) is 12.5 Å². The number of carbonyl (C=O) groups excluding carboxylic acids is 1. The number of hydrogen-bond acceptors (Lipinski definition) is 6. The van der Waals surface area contributed by atoms with Crippen molar-refractivity contribution in [2.75, 3.05) is 32.1 Å². The molecule has 0 aliphatic carbocycles. The largest absolute Gasteiger partial charge is 0.470 e. The summed E-state index contributed by atoms with van der Waals surface area (Å²) in [6.07, 6.45) is 3.89. The molecule has 1 fully saturated rings. The topological polar surface area (TPSA) is 71.5 Å². The van der Waals surface area contributed by atoms with Crippen LogP contribution in [-0.4, -0.2) is 59.0 Å². The smallest absolute Gasteiger partial charge is 0.272 e. The van der Waals surface area contributed by atoms with Crippen LogP contribution >= 0.6 is 0 Å². The molecule has 138 valence electrons. The highest BCUT2D eigenvalue weighted by atomic mass is 16.5. The van der Waals surface area contributed by atoms with E-state index in [1.807, 2.05) is 49.3 Å². The number of hydrogen-bond donors (Lipinski definition) is 0. The van der Waals surface area contributed by atoms with Crippen LogP contribution in [0.5, 0.6) is 5.88 Å². The number of amides is 1. The molecule has 1 aliphatic rings. The van der Waals surface area contributed by atoms with E-state index in [0.717, 1.165) is 17.3 Å². The summed E-state index contributed by atoms with van der Waals surface area (Å²) in [6.45, 7) is 1.15. The van der Waals surface area contributed by atoms with E-state index in [1.54, 1.807) is 23.4 Å². The lowest BCUT2D eigenvalue weighted by Crippen LogP contribution is -2.31. The number of anilines is 1. The Balaban J connectivity index is 1.46. The van der Waals surface area contributed by atoms with E-state index in [1.165, 1.54) is 0 Å². The van der Waals surface area contributed by atoms with E-state index in [4.69, 9.17) is 4.74 Å². The number of pyridine rings is 1. The second-order valence-electron chi connectivity index (χ2n) is 6.75. The average molecular weight is 363 g/mol. The lowest BCUT2D eigenvalue weighted by atomic mass is 10.2. The van der Waals surface area contributed by atoms with E-state index < -0.39 is 0 Å². The number of para-hydroxylation sites is 1.